The molecule has 7 nitrogen and oxygen atoms in total. The first kappa shape index (κ1) is 21.0. The van der Waals surface area contributed by atoms with Crippen molar-refractivity contribution in [3.05, 3.63) is 57.0 Å². The maximum atomic E-state index is 12.6. The third-order valence-corrected chi connectivity index (χ3v) is 7.18. The molecule has 2 aromatic rings. The van der Waals surface area contributed by atoms with E-state index in [0.717, 1.165) is 0 Å². The summed E-state index contributed by atoms with van der Waals surface area (Å²) in [6, 6.07) is 11.2. The molecule has 1 N–H and O–H groups in total. The lowest BCUT2D eigenvalue weighted by Gasteiger charge is -2.09. The molecule has 0 bridgehead atoms. The van der Waals surface area contributed by atoms with Crippen LogP contribution in [-0.4, -0.2) is 31.0 Å². The summed E-state index contributed by atoms with van der Waals surface area (Å²) in [6.45, 7) is 1.77. The Balaban J connectivity index is 1.76. The van der Waals surface area contributed by atoms with E-state index in [-0.39, 0.29) is 21.8 Å². The lowest BCUT2D eigenvalue weighted by molar-refractivity contribution is -0.118. The van der Waals surface area contributed by atoms with Gasteiger partial charge in [0.25, 0.3) is 0 Å². The highest BCUT2D eigenvalue weighted by atomic mass is 79.9. The highest BCUT2D eigenvalue weighted by Crippen LogP contribution is 2.28. The molecule has 1 fully saturated rings. The van der Waals surface area contributed by atoms with Crippen LogP contribution in [-0.2, 0) is 14.9 Å². The van der Waals surface area contributed by atoms with Gasteiger partial charge in [-0.1, -0.05) is 39.8 Å². The van der Waals surface area contributed by atoms with Crippen molar-refractivity contribution in [1.29, 1.82) is 0 Å². The van der Waals surface area contributed by atoms with Crippen molar-refractivity contribution in [3.63, 3.8) is 0 Å². The molecule has 0 aromatic heterocycles. The minimum atomic E-state index is -4.03. The standard InChI is InChI=1S/C17H13Br2N3O4S2/c1-10-16(23)21-17(27-10)22-20-9-11-3-2-4-13(7-11)26-28(24,25)15-8-12(18)5-6-14(15)19/h2-10H,1H3,(H,21,22,23)/b20-9+. The van der Waals surface area contributed by atoms with Gasteiger partial charge in [-0.3, -0.25) is 4.79 Å². The van der Waals surface area contributed by atoms with E-state index < -0.39 is 10.1 Å². The van der Waals surface area contributed by atoms with Gasteiger partial charge in [0.05, 0.1) is 11.5 Å². The molecule has 28 heavy (non-hydrogen) atoms. The number of hydrogen-bond donors (Lipinski definition) is 1. The van der Waals surface area contributed by atoms with Gasteiger partial charge < -0.3 is 9.50 Å². The number of benzene rings is 2. The van der Waals surface area contributed by atoms with Crippen LogP contribution in [0.25, 0.3) is 0 Å². The van der Waals surface area contributed by atoms with E-state index in [2.05, 4.69) is 47.4 Å². The van der Waals surface area contributed by atoms with E-state index in [0.29, 0.717) is 19.7 Å². The molecular weight excluding hydrogens is 534 g/mol. The summed E-state index contributed by atoms with van der Waals surface area (Å²) in [5.41, 5.74) is 0.590. The Labute approximate surface area is 183 Å². The number of amides is 1. The number of thioether (sulfide) groups is 1. The second-order valence-corrected chi connectivity index (χ2v) is 10.2. The molecule has 1 aliphatic rings. The summed E-state index contributed by atoms with van der Waals surface area (Å²) in [6.07, 6.45) is 1.44. The first-order chi connectivity index (χ1) is 13.2. The fourth-order valence-electron chi connectivity index (χ4n) is 2.14. The Kier molecular flexibility index (Phi) is 6.58. The molecule has 1 atom stereocenters. The number of carbonyl (C=O) groups is 1. The van der Waals surface area contributed by atoms with Gasteiger partial charge in [0, 0.05) is 8.95 Å². The third kappa shape index (κ3) is 5.22. The molecule has 1 unspecified atom stereocenters. The monoisotopic (exact) mass is 545 g/mol. The molecule has 0 aliphatic carbocycles. The molecule has 1 amide bonds. The lowest BCUT2D eigenvalue weighted by atomic mass is 10.2. The van der Waals surface area contributed by atoms with Crippen LogP contribution in [0.4, 0.5) is 0 Å². The first-order valence-electron chi connectivity index (χ1n) is 7.83. The minimum absolute atomic E-state index is 0.00969. The van der Waals surface area contributed by atoms with E-state index >= 15 is 0 Å². The zero-order valence-electron chi connectivity index (χ0n) is 14.3. The van der Waals surface area contributed by atoms with Crippen molar-refractivity contribution in [2.75, 3.05) is 0 Å². The van der Waals surface area contributed by atoms with Gasteiger partial charge in [0.1, 0.15) is 10.6 Å². The van der Waals surface area contributed by atoms with Crippen LogP contribution in [0.3, 0.4) is 0 Å². The fraction of sp³-hybridized carbons (Fsp3) is 0.118. The highest BCUT2D eigenvalue weighted by Gasteiger charge is 2.25. The highest BCUT2D eigenvalue weighted by molar-refractivity contribution is 9.11. The minimum Gasteiger partial charge on any atom is -0.379 e. The molecule has 11 heteroatoms. The summed E-state index contributed by atoms with van der Waals surface area (Å²) in [4.78, 5) is 11.4. The third-order valence-electron chi connectivity index (χ3n) is 3.47. The Morgan fingerprint density at radius 2 is 2.00 bits per heavy atom. The van der Waals surface area contributed by atoms with Gasteiger partial charge in [-0.2, -0.15) is 13.5 Å². The largest absolute Gasteiger partial charge is 0.379 e. The van der Waals surface area contributed by atoms with Gasteiger partial charge in [-0.25, -0.2) is 0 Å². The number of amidine groups is 1. The normalized spacial score (nSPS) is 18.6. The zero-order chi connectivity index (χ0) is 20.3. The molecule has 0 spiro atoms. The van der Waals surface area contributed by atoms with Crippen LogP contribution < -0.4 is 9.50 Å². The maximum Gasteiger partial charge on any atom is 0.340 e. The Bertz CT molecular complexity index is 1090. The summed E-state index contributed by atoms with van der Waals surface area (Å²) < 4.78 is 31.4. The topological polar surface area (TPSA) is 97.2 Å². The smallest absolute Gasteiger partial charge is 0.340 e. The predicted octanol–water partition coefficient (Wildman–Crippen LogP) is 3.92. The Morgan fingerprint density at radius 3 is 2.71 bits per heavy atom. The number of rotatable bonds is 5. The molecule has 2 aromatic carbocycles. The molecule has 1 saturated heterocycles. The predicted molar refractivity (Wildman–Crippen MR) is 116 cm³/mol. The summed E-state index contributed by atoms with van der Waals surface area (Å²) in [7, 11) is -4.03. The Hall–Kier alpha value is -1.69. The van der Waals surface area contributed by atoms with E-state index in [4.69, 9.17) is 4.18 Å². The number of carbonyl (C=O) groups excluding carboxylic acids is 1. The molecule has 0 radical (unpaired) electrons. The van der Waals surface area contributed by atoms with E-state index in [9.17, 15) is 13.2 Å². The van der Waals surface area contributed by atoms with Gasteiger partial charge in [-0.05, 0) is 58.7 Å². The molecule has 0 saturated carbocycles. The van der Waals surface area contributed by atoms with E-state index in [1.54, 1.807) is 31.2 Å². The number of nitrogens with one attached hydrogen (secondary N) is 1. The number of halogens is 2. The summed E-state index contributed by atoms with van der Waals surface area (Å²) >= 11 is 7.76. The van der Waals surface area contributed by atoms with Crippen molar-refractivity contribution >= 4 is 71.0 Å². The maximum absolute atomic E-state index is 12.6. The number of nitrogens with zero attached hydrogens (tertiary/aromatic N) is 2. The average Bonchev–Trinajstić information content (AvgIpc) is 2.95. The molecule has 1 aliphatic heterocycles. The molecule has 1 heterocycles. The van der Waals surface area contributed by atoms with Crippen LogP contribution >= 0.6 is 43.6 Å². The van der Waals surface area contributed by atoms with Gasteiger partial charge in [0.15, 0.2) is 5.17 Å². The van der Waals surface area contributed by atoms with Gasteiger partial charge >= 0.3 is 10.1 Å². The Morgan fingerprint density at radius 1 is 1.21 bits per heavy atom. The first-order valence-corrected chi connectivity index (χ1v) is 11.7. The summed E-state index contributed by atoms with van der Waals surface area (Å²) in [5.74, 6) is 0.0268. The zero-order valence-corrected chi connectivity index (χ0v) is 19.1. The number of hydrogen-bond acceptors (Lipinski definition) is 7. The van der Waals surface area contributed by atoms with E-state index in [1.807, 2.05) is 0 Å². The molecule has 146 valence electrons. The van der Waals surface area contributed by atoms with Gasteiger partial charge in [-0.15, -0.1) is 5.10 Å². The quantitative estimate of drug-likeness (QED) is 0.348. The van der Waals surface area contributed by atoms with Crippen molar-refractivity contribution in [3.8, 4) is 5.75 Å². The van der Waals surface area contributed by atoms with Crippen molar-refractivity contribution < 1.29 is 17.4 Å². The van der Waals surface area contributed by atoms with Crippen LogP contribution in [0.1, 0.15) is 12.5 Å². The molecule has 3 rings (SSSR count). The van der Waals surface area contributed by atoms with Crippen molar-refractivity contribution in [2.45, 2.75) is 17.1 Å². The average molecular weight is 547 g/mol. The second kappa shape index (κ2) is 8.76. The fourth-order valence-corrected chi connectivity index (χ4v) is 5.27. The van der Waals surface area contributed by atoms with Crippen LogP contribution in [0.2, 0.25) is 0 Å². The SMILES string of the molecule is CC1S/C(=N\N=C\c2cccc(OS(=O)(=O)c3cc(Br)ccc3Br)c2)NC1=O. The van der Waals surface area contributed by atoms with Crippen LogP contribution in [0, 0.1) is 0 Å². The van der Waals surface area contributed by atoms with Crippen LogP contribution in [0.5, 0.6) is 5.75 Å². The molecular formula is C17H13Br2N3O4S2. The second-order valence-electron chi connectivity index (χ2n) is 5.58. The summed E-state index contributed by atoms with van der Waals surface area (Å²) in [5, 5.41) is 10.7. The van der Waals surface area contributed by atoms with Crippen LogP contribution in [0.15, 0.2) is 66.5 Å². The van der Waals surface area contributed by atoms with Crippen molar-refractivity contribution in [1.82, 2.24) is 5.32 Å². The lowest BCUT2D eigenvalue weighted by Crippen LogP contribution is -2.23. The van der Waals surface area contributed by atoms with Gasteiger partial charge in [0.2, 0.25) is 5.91 Å². The van der Waals surface area contributed by atoms with Crippen molar-refractivity contribution in [2.24, 2.45) is 10.2 Å². The van der Waals surface area contributed by atoms with E-state index in [1.165, 1.54) is 36.2 Å².